The quantitative estimate of drug-likeness (QED) is 0.923. The van der Waals surface area contributed by atoms with Gasteiger partial charge in [-0.1, -0.05) is 23.7 Å². The van der Waals surface area contributed by atoms with Gasteiger partial charge < -0.3 is 10.2 Å². The van der Waals surface area contributed by atoms with Crippen molar-refractivity contribution in [1.29, 1.82) is 0 Å². The molecule has 0 spiro atoms. The maximum atomic E-state index is 11.9. The predicted octanol–water partition coefficient (Wildman–Crippen LogP) is 1.83. The van der Waals surface area contributed by atoms with E-state index < -0.39 is 0 Å². The van der Waals surface area contributed by atoms with E-state index in [9.17, 15) is 9.59 Å². The number of rotatable bonds is 4. The molecule has 2 amide bonds. The summed E-state index contributed by atoms with van der Waals surface area (Å²) in [5.41, 5.74) is 0.644. The fraction of sp³-hybridized carbons (Fsp3) is 0.467. The van der Waals surface area contributed by atoms with Crippen LogP contribution in [0.25, 0.3) is 0 Å². The Kier molecular flexibility index (Phi) is 5.59. The monoisotopic (exact) mass is 309 g/mol. The molecular weight excluding hydrogens is 290 g/mol. The summed E-state index contributed by atoms with van der Waals surface area (Å²) in [5.74, 6) is 0.0724. The first-order chi connectivity index (χ1) is 10.1. The van der Waals surface area contributed by atoms with Crippen LogP contribution in [0.2, 0.25) is 5.02 Å². The molecular formula is C15H20ClN3O2. The van der Waals surface area contributed by atoms with E-state index in [1.807, 2.05) is 17.0 Å². The zero-order chi connectivity index (χ0) is 15.2. The van der Waals surface area contributed by atoms with E-state index in [-0.39, 0.29) is 11.8 Å². The van der Waals surface area contributed by atoms with Crippen LogP contribution in [-0.2, 0) is 9.59 Å². The Balaban J connectivity index is 1.73. The van der Waals surface area contributed by atoms with Crippen molar-refractivity contribution >= 4 is 29.1 Å². The Morgan fingerprint density at radius 3 is 2.48 bits per heavy atom. The fourth-order valence-corrected chi connectivity index (χ4v) is 2.50. The molecule has 114 valence electrons. The highest BCUT2D eigenvalue weighted by Gasteiger charge is 2.18. The normalized spacial score (nSPS) is 15.8. The minimum atomic E-state index is -0.0444. The van der Waals surface area contributed by atoms with Crippen molar-refractivity contribution in [1.82, 2.24) is 9.80 Å². The maximum absolute atomic E-state index is 11.9. The number of anilines is 1. The summed E-state index contributed by atoms with van der Waals surface area (Å²) < 4.78 is 0. The van der Waals surface area contributed by atoms with Crippen molar-refractivity contribution in [2.24, 2.45) is 0 Å². The number of carbonyl (C=O) groups is 2. The largest absolute Gasteiger partial charge is 0.340 e. The van der Waals surface area contributed by atoms with Crippen molar-refractivity contribution in [2.75, 3.05) is 38.0 Å². The van der Waals surface area contributed by atoms with Gasteiger partial charge in [0.2, 0.25) is 11.8 Å². The van der Waals surface area contributed by atoms with E-state index in [4.69, 9.17) is 11.6 Å². The highest BCUT2D eigenvalue weighted by atomic mass is 35.5. The van der Waals surface area contributed by atoms with Gasteiger partial charge in [-0.25, -0.2) is 0 Å². The number of benzene rings is 1. The van der Waals surface area contributed by atoms with Crippen molar-refractivity contribution in [2.45, 2.75) is 13.3 Å². The zero-order valence-electron chi connectivity index (χ0n) is 12.1. The van der Waals surface area contributed by atoms with Crippen LogP contribution in [0.3, 0.4) is 0 Å². The first kappa shape index (κ1) is 15.8. The maximum Gasteiger partial charge on any atom is 0.225 e. The molecule has 1 aliphatic rings. The third kappa shape index (κ3) is 4.72. The summed E-state index contributed by atoms with van der Waals surface area (Å²) in [6.45, 7) is 5.40. The molecule has 0 unspecified atom stereocenters. The number of hydrogen-bond donors (Lipinski definition) is 1. The number of hydrogen-bond acceptors (Lipinski definition) is 3. The van der Waals surface area contributed by atoms with Crippen LogP contribution in [0, 0.1) is 0 Å². The van der Waals surface area contributed by atoms with Gasteiger partial charge >= 0.3 is 0 Å². The van der Waals surface area contributed by atoms with Crippen LogP contribution in [-0.4, -0.2) is 54.3 Å². The van der Waals surface area contributed by atoms with Gasteiger partial charge in [0, 0.05) is 46.1 Å². The Labute approximate surface area is 129 Å². The van der Waals surface area contributed by atoms with Crippen LogP contribution in [0.4, 0.5) is 5.69 Å². The van der Waals surface area contributed by atoms with Crippen molar-refractivity contribution in [3.63, 3.8) is 0 Å². The number of amides is 2. The summed E-state index contributed by atoms with van der Waals surface area (Å²) in [7, 11) is 0. The van der Waals surface area contributed by atoms with Gasteiger partial charge in [0.05, 0.1) is 10.7 Å². The first-order valence-corrected chi connectivity index (χ1v) is 7.46. The molecule has 1 aliphatic heterocycles. The lowest BCUT2D eigenvalue weighted by atomic mass is 10.2. The fourth-order valence-electron chi connectivity index (χ4n) is 2.32. The van der Waals surface area contributed by atoms with Crippen LogP contribution in [0.5, 0.6) is 0 Å². The molecule has 21 heavy (non-hydrogen) atoms. The van der Waals surface area contributed by atoms with Crippen molar-refractivity contribution < 1.29 is 9.59 Å². The lowest BCUT2D eigenvalue weighted by molar-refractivity contribution is -0.130. The summed E-state index contributed by atoms with van der Waals surface area (Å²) in [6, 6.07) is 7.19. The van der Waals surface area contributed by atoms with Gasteiger partial charge in [-0.15, -0.1) is 0 Å². The van der Waals surface area contributed by atoms with Gasteiger partial charge in [0.15, 0.2) is 0 Å². The second kappa shape index (κ2) is 7.43. The van der Waals surface area contributed by atoms with E-state index >= 15 is 0 Å². The molecule has 1 heterocycles. The molecule has 0 bridgehead atoms. The second-order valence-corrected chi connectivity index (χ2v) is 5.53. The van der Waals surface area contributed by atoms with Crippen molar-refractivity contribution in [3.05, 3.63) is 29.3 Å². The molecule has 1 aromatic carbocycles. The molecule has 2 rings (SSSR count). The number of para-hydroxylation sites is 1. The third-order valence-corrected chi connectivity index (χ3v) is 3.95. The second-order valence-electron chi connectivity index (χ2n) is 5.13. The number of nitrogens with one attached hydrogen (secondary N) is 1. The minimum absolute atomic E-state index is 0.0444. The van der Waals surface area contributed by atoms with E-state index in [0.29, 0.717) is 23.7 Å². The molecule has 0 radical (unpaired) electrons. The molecule has 0 aliphatic carbocycles. The highest BCUT2D eigenvalue weighted by Crippen LogP contribution is 2.20. The Morgan fingerprint density at radius 1 is 1.19 bits per heavy atom. The third-order valence-electron chi connectivity index (χ3n) is 3.62. The number of piperazine rings is 1. The Bertz CT molecular complexity index is 513. The topological polar surface area (TPSA) is 52.7 Å². The van der Waals surface area contributed by atoms with Crippen LogP contribution >= 0.6 is 11.6 Å². The standard InChI is InChI=1S/C15H20ClN3O2/c1-12(20)19-10-8-18(9-11-19)7-6-15(21)17-14-5-3-2-4-13(14)16/h2-5H,6-11H2,1H3,(H,17,21). The van der Waals surface area contributed by atoms with Crippen LogP contribution < -0.4 is 5.32 Å². The number of carbonyl (C=O) groups excluding carboxylic acids is 2. The summed E-state index contributed by atoms with van der Waals surface area (Å²) in [6.07, 6.45) is 0.422. The first-order valence-electron chi connectivity index (χ1n) is 7.08. The van der Waals surface area contributed by atoms with E-state index in [1.165, 1.54) is 0 Å². The Morgan fingerprint density at radius 2 is 1.86 bits per heavy atom. The molecule has 0 aromatic heterocycles. The molecule has 1 saturated heterocycles. The average Bonchev–Trinajstić information content (AvgIpc) is 2.48. The highest BCUT2D eigenvalue weighted by molar-refractivity contribution is 6.33. The lowest BCUT2D eigenvalue weighted by Gasteiger charge is -2.34. The molecule has 0 atom stereocenters. The molecule has 1 N–H and O–H groups in total. The van der Waals surface area contributed by atoms with Gasteiger partial charge in [-0.2, -0.15) is 0 Å². The molecule has 6 heteroatoms. The average molecular weight is 310 g/mol. The van der Waals surface area contributed by atoms with Gasteiger partial charge in [-0.3, -0.25) is 14.5 Å². The number of nitrogens with zero attached hydrogens (tertiary/aromatic N) is 2. The van der Waals surface area contributed by atoms with E-state index in [0.717, 1.165) is 26.2 Å². The molecule has 1 fully saturated rings. The van der Waals surface area contributed by atoms with Crippen LogP contribution in [0.15, 0.2) is 24.3 Å². The molecule has 0 saturated carbocycles. The molecule has 5 nitrogen and oxygen atoms in total. The summed E-state index contributed by atoms with van der Waals surface area (Å²) in [4.78, 5) is 27.2. The zero-order valence-corrected chi connectivity index (χ0v) is 12.9. The van der Waals surface area contributed by atoms with Gasteiger partial charge in [0.1, 0.15) is 0 Å². The molecule has 1 aromatic rings. The minimum Gasteiger partial charge on any atom is -0.340 e. The summed E-state index contributed by atoms with van der Waals surface area (Å²) >= 11 is 6.00. The van der Waals surface area contributed by atoms with E-state index in [1.54, 1.807) is 19.1 Å². The smallest absolute Gasteiger partial charge is 0.225 e. The SMILES string of the molecule is CC(=O)N1CCN(CCC(=O)Nc2ccccc2Cl)CC1. The van der Waals surface area contributed by atoms with Gasteiger partial charge in [-0.05, 0) is 12.1 Å². The van der Waals surface area contributed by atoms with Gasteiger partial charge in [0.25, 0.3) is 0 Å². The predicted molar refractivity (Wildman–Crippen MR) is 83.4 cm³/mol. The van der Waals surface area contributed by atoms with E-state index in [2.05, 4.69) is 10.2 Å². The van der Waals surface area contributed by atoms with Crippen molar-refractivity contribution in [3.8, 4) is 0 Å². The Hall–Kier alpha value is -1.59. The summed E-state index contributed by atoms with van der Waals surface area (Å²) in [5, 5.41) is 3.36. The lowest BCUT2D eigenvalue weighted by Crippen LogP contribution is -2.48. The number of halogens is 1. The van der Waals surface area contributed by atoms with Crippen LogP contribution in [0.1, 0.15) is 13.3 Å².